The van der Waals surface area contributed by atoms with Gasteiger partial charge in [0, 0.05) is 33.8 Å². The van der Waals surface area contributed by atoms with Crippen molar-refractivity contribution >= 4 is 41.4 Å². The van der Waals surface area contributed by atoms with Crippen LogP contribution in [0.15, 0.2) is 12.1 Å². The summed E-state index contributed by atoms with van der Waals surface area (Å²) in [4.78, 5) is 14.5. The van der Waals surface area contributed by atoms with E-state index in [9.17, 15) is 4.79 Å². The number of carbonyl (C=O) groups is 1. The number of thiophene rings is 1. The molecule has 1 aliphatic rings. The zero-order valence-electron chi connectivity index (χ0n) is 10.6. The van der Waals surface area contributed by atoms with Gasteiger partial charge in [0.25, 0.3) is 0 Å². The Balaban J connectivity index is 0.00000162. The fourth-order valence-corrected chi connectivity index (χ4v) is 3.82. The molecule has 1 fully saturated rings. The van der Waals surface area contributed by atoms with E-state index in [0.29, 0.717) is 0 Å². The smallest absolute Gasteiger partial charge is 0.238 e. The van der Waals surface area contributed by atoms with Crippen molar-refractivity contribution in [2.45, 2.75) is 32.4 Å². The first-order chi connectivity index (χ1) is 8.15. The Hall–Kier alpha value is -0.230. The van der Waals surface area contributed by atoms with Crippen molar-refractivity contribution in [2.75, 3.05) is 11.6 Å². The van der Waals surface area contributed by atoms with Gasteiger partial charge in [-0.2, -0.15) is 0 Å². The van der Waals surface area contributed by atoms with Gasteiger partial charge in [-0.05, 0) is 26.0 Å². The van der Waals surface area contributed by atoms with Crippen LogP contribution >= 0.6 is 35.5 Å². The van der Waals surface area contributed by atoms with Gasteiger partial charge in [0.15, 0.2) is 0 Å². The van der Waals surface area contributed by atoms with Gasteiger partial charge in [-0.1, -0.05) is 0 Å². The molecule has 0 aromatic carbocycles. The molecule has 2 unspecified atom stereocenters. The Kier molecular flexibility index (Phi) is 6.49. The van der Waals surface area contributed by atoms with Gasteiger partial charge in [0.2, 0.25) is 5.91 Å². The van der Waals surface area contributed by atoms with Crippen LogP contribution in [0.3, 0.4) is 0 Å². The molecule has 0 aliphatic carbocycles. The number of hydrogen-bond acceptors (Lipinski definition) is 4. The predicted octanol–water partition coefficient (Wildman–Crippen LogP) is 2.19. The largest absolute Gasteiger partial charge is 0.352 e. The van der Waals surface area contributed by atoms with Gasteiger partial charge >= 0.3 is 0 Å². The molecule has 0 spiro atoms. The van der Waals surface area contributed by atoms with Crippen LogP contribution in [0.25, 0.3) is 0 Å². The molecule has 6 heteroatoms. The van der Waals surface area contributed by atoms with Crippen molar-refractivity contribution in [3.63, 3.8) is 0 Å². The molecule has 1 aromatic rings. The molecule has 1 amide bonds. The maximum absolute atomic E-state index is 11.9. The summed E-state index contributed by atoms with van der Waals surface area (Å²) < 4.78 is 0. The number of hydrogen-bond donors (Lipinski definition) is 2. The van der Waals surface area contributed by atoms with E-state index in [1.54, 1.807) is 23.1 Å². The lowest BCUT2D eigenvalue weighted by molar-refractivity contribution is -0.123. The average molecular weight is 307 g/mol. The molecule has 1 aliphatic heterocycles. The maximum atomic E-state index is 11.9. The summed E-state index contributed by atoms with van der Waals surface area (Å²) in [6.45, 7) is 4.17. The molecule has 2 rings (SSSR count). The summed E-state index contributed by atoms with van der Waals surface area (Å²) in [7, 11) is 0. The lowest BCUT2D eigenvalue weighted by Crippen LogP contribution is -2.46. The van der Waals surface area contributed by atoms with Crippen LogP contribution in [0, 0.1) is 6.92 Å². The molecule has 3 nitrogen and oxygen atoms in total. The van der Waals surface area contributed by atoms with Crippen LogP contribution in [-0.4, -0.2) is 29.6 Å². The second-order valence-corrected chi connectivity index (χ2v) is 6.80. The Bertz CT molecular complexity index is 391. The quantitative estimate of drug-likeness (QED) is 0.896. The standard InChI is InChI=1S/C12H18N2OS2.ClH/c1-8(5-10-4-3-9(2)17-10)14-12(15)11-6-16-7-13-11;/h3-4,8,11,13H,5-7H2,1-2H3,(H,14,15);1H. The molecule has 102 valence electrons. The van der Waals surface area contributed by atoms with Crippen LogP contribution in [0.4, 0.5) is 0 Å². The van der Waals surface area contributed by atoms with Gasteiger partial charge in [0.1, 0.15) is 0 Å². The van der Waals surface area contributed by atoms with E-state index in [4.69, 9.17) is 0 Å². The summed E-state index contributed by atoms with van der Waals surface area (Å²) in [6.07, 6.45) is 0.921. The Labute approximate surface area is 123 Å². The fraction of sp³-hybridized carbons (Fsp3) is 0.583. The first kappa shape index (κ1) is 15.8. The molecule has 0 saturated carbocycles. The van der Waals surface area contributed by atoms with Crippen LogP contribution in [0.1, 0.15) is 16.7 Å². The number of halogens is 1. The lowest BCUT2D eigenvalue weighted by atomic mass is 10.2. The average Bonchev–Trinajstić information content (AvgIpc) is 2.89. The highest BCUT2D eigenvalue weighted by Crippen LogP contribution is 2.17. The third kappa shape index (κ3) is 4.46. The molecule has 0 bridgehead atoms. The van der Waals surface area contributed by atoms with Crippen molar-refractivity contribution in [1.82, 2.24) is 10.6 Å². The normalized spacial score (nSPS) is 20.2. The Morgan fingerprint density at radius 3 is 2.94 bits per heavy atom. The molecule has 0 radical (unpaired) electrons. The molecule has 2 N–H and O–H groups in total. The molecule has 2 heterocycles. The minimum absolute atomic E-state index is 0. The topological polar surface area (TPSA) is 41.1 Å². The number of rotatable bonds is 4. The maximum Gasteiger partial charge on any atom is 0.238 e. The molecule has 18 heavy (non-hydrogen) atoms. The summed E-state index contributed by atoms with van der Waals surface area (Å²) in [5, 5.41) is 6.25. The SMILES string of the molecule is Cc1ccc(CC(C)NC(=O)C2CSCN2)s1.Cl. The van der Waals surface area contributed by atoms with Crippen molar-refractivity contribution in [3.8, 4) is 0 Å². The zero-order chi connectivity index (χ0) is 12.3. The van der Waals surface area contributed by atoms with Crippen molar-refractivity contribution in [1.29, 1.82) is 0 Å². The Morgan fingerprint density at radius 1 is 1.61 bits per heavy atom. The van der Waals surface area contributed by atoms with Gasteiger partial charge in [0.05, 0.1) is 6.04 Å². The van der Waals surface area contributed by atoms with Crippen molar-refractivity contribution in [2.24, 2.45) is 0 Å². The monoisotopic (exact) mass is 306 g/mol. The van der Waals surface area contributed by atoms with Crippen LogP contribution in [0.2, 0.25) is 0 Å². The molecular formula is C12H19ClN2OS2. The highest BCUT2D eigenvalue weighted by molar-refractivity contribution is 7.99. The van der Waals surface area contributed by atoms with E-state index in [1.807, 2.05) is 0 Å². The number of thioether (sulfide) groups is 1. The van der Waals surface area contributed by atoms with Crippen LogP contribution in [0.5, 0.6) is 0 Å². The molecule has 1 saturated heterocycles. The van der Waals surface area contributed by atoms with Gasteiger partial charge < -0.3 is 5.32 Å². The summed E-state index contributed by atoms with van der Waals surface area (Å²) in [6, 6.07) is 4.47. The lowest BCUT2D eigenvalue weighted by Gasteiger charge is -2.16. The molecule has 2 atom stereocenters. The first-order valence-corrected chi connectivity index (χ1v) is 7.79. The Morgan fingerprint density at radius 2 is 2.39 bits per heavy atom. The number of amides is 1. The third-order valence-corrected chi connectivity index (χ3v) is 4.69. The van der Waals surface area contributed by atoms with E-state index in [0.717, 1.165) is 18.1 Å². The van der Waals surface area contributed by atoms with Gasteiger partial charge in [-0.25, -0.2) is 0 Å². The highest BCUT2D eigenvalue weighted by atomic mass is 35.5. The number of aryl methyl sites for hydroxylation is 1. The zero-order valence-corrected chi connectivity index (χ0v) is 13.0. The minimum atomic E-state index is -0.00692. The third-order valence-electron chi connectivity index (χ3n) is 2.72. The van der Waals surface area contributed by atoms with Crippen molar-refractivity contribution < 1.29 is 4.79 Å². The van der Waals surface area contributed by atoms with E-state index in [2.05, 4.69) is 36.6 Å². The van der Waals surface area contributed by atoms with Crippen LogP contribution < -0.4 is 10.6 Å². The van der Waals surface area contributed by atoms with E-state index >= 15 is 0 Å². The van der Waals surface area contributed by atoms with Gasteiger partial charge in [-0.15, -0.1) is 35.5 Å². The van der Waals surface area contributed by atoms with E-state index in [-0.39, 0.29) is 30.4 Å². The molecule has 1 aromatic heterocycles. The second-order valence-electron chi connectivity index (χ2n) is 4.40. The van der Waals surface area contributed by atoms with Gasteiger partial charge in [-0.3, -0.25) is 10.1 Å². The fourth-order valence-electron chi connectivity index (χ4n) is 1.85. The molecular weight excluding hydrogens is 288 g/mol. The summed E-state index contributed by atoms with van der Waals surface area (Å²) >= 11 is 3.58. The first-order valence-electron chi connectivity index (χ1n) is 5.82. The minimum Gasteiger partial charge on any atom is -0.352 e. The second kappa shape index (κ2) is 7.38. The van der Waals surface area contributed by atoms with E-state index < -0.39 is 0 Å². The summed E-state index contributed by atoms with van der Waals surface area (Å²) in [5.74, 6) is 1.91. The highest BCUT2D eigenvalue weighted by Gasteiger charge is 2.23. The number of carbonyl (C=O) groups excluding carboxylic acids is 1. The summed E-state index contributed by atoms with van der Waals surface area (Å²) in [5.41, 5.74) is 0. The van der Waals surface area contributed by atoms with Crippen LogP contribution in [-0.2, 0) is 11.2 Å². The predicted molar refractivity (Wildman–Crippen MR) is 81.9 cm³/mol. The van der Waals surface area contributed by atoms with E-state index in [1.165, 1.54) is 9.75 Å². The number of nitrogens with one attached hydrogen (secondary N) is 2. The van der Waals surface area contributed by atoms with Crippen molar-refractivity contribution in [3.05, 3.63) is 21.9 Å².